The zero-order valence-electron chi connectivity index (χ0n) is 17.1. The number of nitrogen functional groups attached to an aromatic ring is 1. The summed E-state index contributed by atoms with van der Waals surface area (Å²) in [6.45, 7) is 4.73. The number of hydrogen-bond acceptors (Lipinski definition) is 7. The molecule has 1 aliphatic heterocycles. The first kappa shape index (κ1) is 19.2. The summed E-state index contributed by atoms with van der Waals surface area (Å²) in [5.41, 5.74) is 11.2. The van der Waals surface area contributed by atoms with Crippen molar-refractivity contribution in [1.82, 2.24) is 19.9 Å². The largest absolute Gasteiger partial charge is 0.383 e. The molecule has 0 amide bonds. The van der Waals surface area contributed by atoms with Crippen molar-refractivity contribution >= 4 is 22.7 Å². The van der Waals surface area contributed by atoms with Gasteiger partial charge in [-0.1, -0.05) is 6.07 Å². The van der Waals surface area contributed by atoms with E-state index in [1.54, 1.807) is 25.5 Å². The fourth-order valence-corrected chi connectivity index (χ4v) is 3.75. The van der Waals surface area contributed by atoms with Crippen LogP contribution in [0, 0.1) is 6.92 Å². The number of anilines is 2. The number of nitrogens with zero attached hydrogens (tertiary/aromatic N) is 4. The fraction of sp³-hybridized carbons (Fsp3) is 0.217. The summed E-state index contributed by atoms with van der Waals surface area (Å²) in [4.78, 5) is 30.2. The van der Waals surface area contributed by atoms with Crippen LogP contribution in [0.25, 0.3) is 33.2 Å². The van der Waals surface area contributed by atoms with Crippen LogP contribution in [0.4, 0.5) is 11.8 Å². The maximum Gasteiger partial charge on any atom is 0.250 e. The predicted molar refractivity (Wildman–Crippen MR) is 121 cm³/mol. The molecule has 1 aromatic carbocycles. The van der Waals surface area contributed by atoms with Crippen molar-refractivity contribution in [3.63, 3.8) is 0 Å². The average molecular weight is 414 g/mol. The van der Waals surface area contributed by atoms with E-state index in [1.807, 2.05) is 30.3 Å². The molecule has 3 aromatic heterocycles. The van der Waals surface area contributed by atoms with Gasteiger partial charge >= 0.3 is 0 Å². The maximum absolute atomic E-state index is 11.7. The Balaban J connectivity index is 1.52. The lowest BCUT2D eigenvalue weighted by molar-refractivity contribution is 0.122. The minimum Gasteiger partial charge on any atom is -0.383 e. The smallest absolute Gasteiger partial charge is 0.250 e. The molecule has 31 heavy (non-hydrogen) atoms. The Morgan fingerprint density at radius 2 is 1.81 bits per heavy atom. The van der Waals surface area contributed by atoms with Gasteiger partial charge < -0.3 is 20.4 Å². The molecule has 1 saturated heterocycles. The Hall–Kier alpha value is -3.78. The summed E-state index contributed by atoms with van der Waals surface area (Å²) in [7, 11) is 0. The van der Waals surface area contributed by atoms with Crippen molar-refractivity contribution < 1.29 is 4.74 Å². The first-order valence-corrected chi connectivity index (χ1v) is 10.1. The SMILES string of the molecule is Cc1cc(-c2ccc3nc(N)c(-c4cnc(N5CCOCC5)nc4)cc3c2)c[nH]c1=O. The molecule has 8 nitrogen and oxygen atoms in total. The Bertz CT molecular complexity index is 1310. The van der Waals surface area contributed by atoms with Gasteiger partial charge in [0.15, 0.2) is 0 Å². The second-order valence-electron chi connectivity index (χ2n) is 7.60. The van der Waals surface area contributed by atoms with E-state index in [9.17, 15) is 4.79 Å². The van der Waals surface area contributed by atoms with Gasteiger partial charge in [0.05, 0.1) is 18.7 Å². The van der Waals surface area contributed by atoms with Crippen LogP contribution in [0.2, 0.25) is 0 Å². The number of aromatic amines is 1. The number of aryl methyl sites for hydroxylation is 1. The van der Waals surface area contributed by atoms with Gasteiger partial charge in [-0.2, -0.15) is 0 Å². The van der Waals surface area contributed by atoms with Crippen LogP contribution in [-0.4, -0.2) is 46.2 Å². The lowest BCUT2D eigenvalue weighted by Crippen LogP contribution is -2.37. The lowest BCUT2D eigenvalue weighted by Gasteiger charge is -2.26. The highest BCUT2D eigenvalue weighted by Crippen LogP contribution is 2.30. The standard InChI is InChI=1S/C23H22N6O2/c1-14-8-17(11-25-22(14)30)15-2-3-20-16(9-15)10-19(21(24)28-20)18-12-26-23(27-13-18)29-4-6-31-7-5-29/h2-3,8-13H,4-7H2,1H3,(H2,24,28)(H,25,30). The van der Waals surface area contributed by atoms with Gasteiger partial charge in [0.25, 0.3) is 5.56 Å². The minimum atomic E-state index is -0.0817. The Morgan fingerprint density at radius 3 is 2.55 bits per heavy atom. The molecule has 4 aromatic rings. The molecular weight excluding hydrogens is 392 g/mol. The van der Waals surface area contributed by atoms with Gasteiger partial charge in [0.1, 0.15) is 5.82 Å². The molecule has 1 aliphatic rings. The molecule has 5 rings (SSSR count). The number of aromatic nitrogens is 4. The first-order valence-electron chi connectivity index (χ1n) is 10.1. The number of H-pyrrole nitrogens is 1. The molecule has 3 N–H and O–H groups in total. The molecular formula is C23H22N6O2. The van der Waals surface area contributed by atoms with Crippen molar-refractivity contribution in [3.05, 3.63) is 64.8 Å². The van der Waals surface area contributed by atoms with Crippen LogP contribution in [0.3, 0.4) is 0 Å². The number of nitrogens with one attached hydrogen (secondary N) is 1. The van der Waals surface area contributed by atoms with Gasteiger partial charge in [-0.3, -0.25) is 4.79 Å². The molecule has 156 valence electrons. The number of benzene rings is 1. The van der Waals surface area contributed by atoms with Crippen LogP contribution < -0.4 is 16.2 Å². The molecule has 0 atom stereocenters. The number of nitrogens with two attached hydrogens (primary N) is 1. The molecule has 0 aliphatic carbocycles. The summed E-state index contributed by atoms with van der Waals surface area (Å²) >= 11 is 0. The van der Waals surface area contributed by atoms with E-state index in [0.29, 0.717) is 30.5 Å². The van der Waals surface area contributed by atoms with Crippen LogP contribution >= 0.6 is 0 Å². The van der Waals surface area contributed by atoms with Gasteiger partial charge in [-0.05, 0) is 42.3 Å². The van der Waals surface area contributed by atoms with Crippen molar-refractivity contribution in [2.75, 3.05) is 36.9 Å². The van der Waals surface area contributed by atoms with Crippen LogP contribution in [0.15, 0.2) is 53.7 Å². The molecule has 8 heteroatoms. The van der Waals surface area contributed by atoms with E-state index in [1.165, 1.54) is 0 Å². The van der Waals surface area contributed by atoms with E-state index < -0.39 is 0 Å². The van der Waals surface area contributed by atoms with Crippen molar-refractivity contribution in [3.8, 4) is 22.3 Å². The van der Waals surface area contributed by atoms with Gasteiger partial charge in [-0.15, -0.1) is 0 Å². The number of pyridine rings is 2. The van der Waals surface area contributed by atoms with Gasteiger partial charge in [-0.25, -0.2) is 15.0 Å². The summed E-state index contributed by atoms with van der Waals surface area (Å²) in [6, 6.07) is 9.84. The number of fused-ring (bicyclic) bond motifs is 1. The van der Waals surface area contributed by atoms with E-state index in [4.69, 9.17) is 10.5 Å². The van der Waals surface area contributed by atoms with E-state index in [-0.39, 0.29) is 5.56 Å². The second-order valence-corrected chi connectivity index (χ2v) is 7.60. The number of morpholine rings is 1. The number of hydrogen-bond donors (Lipinski definition) is 2. The topological polar surface area (TPSA) is 110 Å². The van der Waals surface area contributed by atoms with Gasteiger partial charge in [0.2, 0.25) is 5.95 Å². The van der Waals surface area contributed by atoms with Crippen molar-refractivity contribution in [2.24, 2.45) is 0 Å². The summed E-state index contributed by atoms with van der Waals surface area (Å²) < 4.78 is 5.39. The fourth-order valence-electron chi connectivity index (χ4n) is 3.75. The lowest BCUT2D eigenvalue weighted by atomic mass is 10.0. The molecule has 1 fully saturated rings. The third-order valence-corrected chi connectivity index (χ3v) is 5.51. The summed E-state index contributed by atoms with van der Waals surface area (Å²) in [5.74, 6) is 1.12. The molecule has 4 heterocycles. The second kappa shape index (κ2) is 7.81. The molecule has 0 radical (unpaired) electrons. The van der Waals surface area contributed by atoms with Crippen LogP contribution in [0.1, 0.15) is 5.56 Å². The highest BCUT2D eigenvalue weighted by molar-refractivity contribution is 5.91. The molecule has 0 spiro atoms. The number of rotatable bonds is 3. The van der Waals surface area contributed by atoms with Crippen molar-refractivity contribution in [1.29, 1.82) is 0 Å². The third kappa shape index (κ3) is 3.73. The van der Waals surface area contributed by atoms with Crippen LogP contribution in [0.5, 0.6) is 0 Å². The number of ether oxygens (including phenoxy) is 1. The summed E-state index contributed by atoms with van der Waals surface area (Å²) in [6.07, 6.45) is 5.29. The quantitative estimate of drug-likeness (QED) is 0.530. The van der Waals surface area contributed by atoms with E-state index in [2.05, 4.69) is 24.8 Å². The molecule has 0 unspecified atom stereocenters. The highest BCUT2D eigenvalue weighted by atomic mass is 16.5. The predicted octanol–water partition coefficient (Wildman–Crippen LogP) is 2.77. The molecule has 0 saturated carbocycles. The maximum atomic E-state index is 11.7. The third-order valence-electron chi connectivity index (χ3n) is 5.51. The molecule has 0 bridgehead atoms. The minimum absolute atomic E-state index is 0.0817. The van der Waals surface area contributed by atoms with E-state index in [0.717, 1.165) is 46.2 Å². The van der Waals surface area contributed by atoms with Crippen LogP contribution in [-0.2, 0) is 4.74 Å². The van der Waals surface area contributed by atoms with E-state index >= 15 is 0 Å². The highest BCUT2D eigenvalue weighted by Gasteiger charge is 2.15. The van der Waals surface area contributed by atoms with Gasteiger partial charge in [0, 0.05) is 53.8 Å². The monoisotopic (exact) mass is 414 g/mol. The normalized spacial score (nSPS) is 14.2. The average Bonchev–Trinajstić information content (AvgIpc) is 2.81. The Kier molecular flexibility index (Phi) is 4.83. The van der Waals surface area contributed by atoms with Crippen molar-refractivity contribution in [2.45, 2.75) is 6.92 Å². The Labute approximate surface area is 178 Å². The summed E-state index contributed by atoms with van der Waals surface area (Å²) in [5, 5.41) is 0.947. The zero-order valence-corrected chi connectivity index (χ0v) is 17.1. The first-order chi connectivity index (χ1) is 15.1. The Morgan fingerprint density at radius 1 is 1.03 bits per heavy atom. The zero-order chi connectivity index (χ0) is 21.4.